The lowest BCUT2D eigenvalue weighted by Gasteiger charge is -2.20. The molecule has 0 unspecified atom stereocenters. The Kier molecular flexibility index (Phi) is 10.6. The monoisotopic (exact) mass is 559 g/mol. The van der Waals surface area contributed by atoms with Crippen molar-refractivity contribution in [3.8, 4) is 11.5 Å². The largest absolute Gasteiger partial charge is 0.492 e. The molecular formula is C38H41NO3. The van der Waals surface area contributed by atoms with Crippen molar-refractivity contribution in [2.24, 2.45) is 0 Å². The molecule has 4 nitrogen and oxygen atoms in total. The lowest BCUT2D eigenvalue weighted by atomic mass is 9.88. The summed E-state index contributed by atoms with van der Waals surface area (Å²) in [5.41, 5.74) is 6.78. The quantitative estimate of drug-likeness (QED) is 0.105. The average Bonchev–Trinajstić information content (AvgIpc) is 3.31. The zero-order chi connectivity index (χ0) is 29.0. The average molecular weight is 560 g/mol. The molecule has 0 bridgehead atoms. The number of hydrogen-bond acceptors (Lipinski definition) is 4. The molecule has 216 valence electrons. The minimum absolute atomic E-state index is 0.244. The molecule has 0 atom stereocenters. The van der Waals surface area contributed by atoms with E-state index in [0.29, 0.717) is 12.4 Å². The highest BCUT2D eigenvalue weighted by Gasteiger charge is 2.15. The number of nitrogens with zero attached hydrogens (tertiary/aromatic N) is 1. The van der Waals surface area contributed by atoms with E-state index in [9.17, 15) is 4.79 Å². The second-order valence-corrected chi connectivity index (χ2v) is 10.9. The van der Waals surface area contributed by atoms with Gasteiger partial charge in [0.2, 0.25) is 0 Å². The molecule has 1 fully saturated rings. The van der Waals surface area contributed by atoms with Crippen molar-refractivity contribution >= 4 is 17.1 Å². The third kappa shape index (κ3) is 8.20. The molecule has 4 aromatic carbocycles. The van der Waals surface area contributed by atoms with Crippen molar-refractivity contribution in [2.75, 3.05) is 26.2 Å². The summed E-state index contributed by atoms with van der Waals surface area (Å²) in [4.78, 5) is 15.1. The predicted octanol–water partition coefficient (Wildman–Crippen LogP) is 8.46. The van der Waals surface area contributed by atoms with Gasteiger partial charge in [-0.1, -0.05) is 105 Å². The summed E-state index contributed by atoms with van der Waals surface area (Å²) in [7, 11) is 0. The Morgan fingerprint density at radius 3 is 1.83 bits per heavy atom. The minimum atomic E-state index is -0.269. The van der Waals surface area contributed by atoms with Gasteiger partial charge >= 0.3 is 5.97 Å². The van der Waals surface area contributed by atoms with E-state index in [1.54, 1.807) is 0 Å². The van der Waals surface area contributed by atoms with E-state index >= 15 is 0 Å². The van der Waals surface area contributed by atoms with Crippen molar-refractivity contribution in [3.05, 3.63) is 131 Å². The van der Waals surface area contributed by atoms with Gasteiger partial charge in [0, 0.05) is 6.54 Å². The summed E-state index contributed by atoms with van der Waals surface area (Å²) < 4.78 is 11.8. The highest BCUT2D eigenvalue weighted by molar-refractivity contribution is 5.98. The Labute approximate surface area is 250 Å². The molecule has 4 aromatic rings. The Morgan fingerprint density at radius 1 is 0.667 bits per heavy atom. The maximum atomic E-state index is 12.5. The van der Waals surface area contributed by atoms with Crippen LogP contribution in [0.15, 0.2) is 109 Å². The molecule has 0 N–H and O–H groups in total. The second kappa shape index (κ2) is 15.2. The first-order chi connectivity index (χ1) is 20.7. The Bertz CT molecular complexity index is 1420. The van der Waals surface area contributed by atoms with Gasteiger partial charge in [-0.25, -0.2) is 0 Å². The number of esters is 1. The van der Waals surface area contributed by atoms with E-state index in [4.69, 9.17) is 9.47 Å². The number of rotatable bonds is 11. The SMILES string of the molecule is CC/C(=C(\c1ccc(OCCN2CCCCCC2)cc1)c1ccc(OC(=O)Cc2ccccc2)cc1)c1ccccc1. The van der Waals surface area contributed by atoms with E-state index in [0.717, 1.165) is 35.4 Å². The lowest BCUT2D eigenvalue weighted by molar-refractivity contribution is -0.133. The van der Waals surface area contributed by atoms with E-state index in [1.165, 1.54) is 55.5 Å². The lowest BCUT2D eigenvalue weighted by Crippen LogP contribution is -2.29. The standard InChI is InChI=1S/C38H41NO3/c1-2-36(31-15-9-6-10-16-31)38(32-17-21-34(22-18-32)41-28-27-39-25-11-3-4-12-26-39)33-19-23-35(24-20-33)42-37(40)29-30-13-7-5-8-14-30/h5-10,13-24H,2-4,11-12,25-29H2,1H3/b38-36-. The highest BCUT2D eigenvalue weighted by atomic mass is 16.5. The maximum Gasteiger partial charge on any atom is 0.315 e. The molecule has 0 aromatic heterocycles. The van der Waals surface area contributed by atoms with Gasteiger partial charge in [0.05, 0.1) is 6.42 Å². The molecule has 1 aliphatic rings. The topological polar surface area (TPSA) is 38.8 Å². The number of benzene rings is 4. The van der Waals surface area contributed by atoms with Crippen LogP contribution in [0.5, 0.6) is 11.5 Å². The molecule has 0 amide bonds. The third-order valence-electron chi connectivity index (χ3n) is 7.86. The van der Waals surface area contributed by atoms with Gasteiger partial charge in [0.25, 0.3) is 0 Å². The normalized spacial score (nSPS) is 14.5. The number of allylic oxidation sites excluding steroid dienone is 1. The van der Waals surface area contributed by atoms with Crippen molar-refractivity contribution in [1.29, 1.82) is 0 Å². The van der Waals surface area contributed by atoms with Crippen LogP contribution in [0.3, 0.4) is 0 Å². The molecule has 0 saturated carbocycles. The second-order valence-electron chi connectivity index (χ2n) is 10.9. The summed E-state index contributed by atoms with van der Waals surface area (Å²) in [6.07, 6.45) is 6.40. The summed E-state index contributed by atoms with van der Waals surface area (Å²) in [6.45, 7) is 6.24. The fourth-order valence-corrected chi connectivity index (χ4v) is 5.67. The van der Waals surface area contributed by atoms with Gasteiger partial charge in [0.15, 0.2) is 0 Å². The molecule has 42 heavy (non-hydrogen) atoms. The maximum absolute atomic E-state index is 12.5. The fraction of sp³-hybridized carbons (Fsp3) is 0.289. The molecule has 1 heterocycles. The molecule has 5 rings (SSSR count). The summed E-state index contributed by atoms with van der Waals surface area (Å²) in [5, 5.41) is 0. The van der Waals surface area contributed by atoms with Crippen molar-refractivity contribution in [1.82, 2.24) is 4.90 Å². The highest BCUT2D eigenvalue weighted by Crippen LogP contribution is 2.35. The predicted molar refractivity (Wildman–Crippen MR) is 172 cm³/mol. The Hall–Kier alpha value is -4.15. The zero-order valence-electron chi connectivity index (χ0n) is 24.6. The van der Waals surface area contributed by atoms with E-state index in [1.807, 2.05) is 60.7 Å². The molecule has 0 radical (unpaired) electrons. The third-order valence-corrected chi connectivity index (χ3v) is 7.86. The van der Waals surface area contributed by atoms with E-state index < -0.39 is 0 Å². The number of likely N-dealkylation sites (tertiary alicyclic amines) is 1. The van der Waals surface area contributed by atoms with Crippen LogP contribution in [-0.4, -0.2) is 37.1 Å². The van der Waals surface area contributed by atoms with Crippen molar-refractivity contribution in [3.63, 3.8) is 0 Å². The molecule has 1 saturated heterocycles. The number of carbonyl (C=O) groups is 1. The van der Waals surface area contributed by atoms with Gasteiger partial charge in [-0.3, -0.25) is 9.69 Å². The zero-order valence-corrected chi connectivity index (χ0v) is 24.6. The van der Waals surface area contributed by atoms with E-state index in [-0.39, 0.29) is 12.4 Å². The van der Waals surface area contributed by atoms with Gasteiger partial charge in [-0.15, -0.1) is 0 Å². The van der Waals surface area contributed by atoms with E-state index in [2.05, 4.69) is 60.4 Å². The molecule has 1 aliphatic heterocycles. The first kappa shape index (κ1) is 29.3. The summed E-state index contributed by atoms with van der Waals surface area (Å²) >= 11 is 0. The number of ether oxygens (including phenoxy) is 2. The van der Waals surface area contributed by atoms with Crippen LogP contribution >= 0.6 is 0 Å². The van der Waals surface area contributed by atoms with Gasteiger partial charge in [-0.05, 0) is 90.0 Å². The number of carbonyl (C=O) groups excluding carboxylic acids is 1. The Balaban J connectivity index is 1.34. The fourth-order valence-electron chi connectivity index (χ4n) is 5.67. The molecule has 4 heteroatoms. The van der Waals surface area contributed by atoms with Crippen LogP contribution in [0.1, 0.15) is 61.3 Å². The smallest absolute Gasteiger partial charge is 0.315 e. The first-order valence-electron chi connectivity index (χ1n) is 15.3. The van der Waals surface area contributed by atoms with Crippen LogP contribution in [0.2, 0.25) is 0 Å². The van der Waals surface area contributed by atoms with Crippen LogP contribution in [-0.2, 0) is 11.2 Å². The summed E-state index contributed by atoms with van der Waals surface area (Å²) in [6, 6.07) is 36.5. The molecular weight excluding hydrogens is 518 g/mol. The van der Waals surface area contributed by atoms with Crippen molar-refractivity contribution in [2.45, 2.75) is 45.4 Å². The number of hydrogen-bond donors (Lipinski definition) is 0. The van der Waals surface area contributed by atoms with Gasteiger partial charge in [0.1, 0.15) is 18.1 Å². The van der Waals surface area contributed by atoms with Gasteiger partial charge < -0.3 is 9.47 Å². The Morgan fingerprint density at radius 2 is 1.24 bits per heavy atom. The first-order valence-corrected chi connectivity index (χ1v) is 15.3. The van der Waals surface area contributed by atoms with Crippen LogP contribution in [0, 0.1) is 0 Å². The minimum Gasteiger partial charge on any atom is -0.492 e. The van der Waals surface area contributed by atoms with Crippen LogP contribution in [0.4, 0.5) is 0 Å². The van der Waals surface area contributed by atoms with Crippen LogP contribution < -0.4 is 9.47 Å². The van der Waals surface area contributed by atoms with Gasteiger partial charge in [-0.2, -0.15) is 0 Å². The molecule has 0 aliphatic carbocycles. The molecule has 0 spiro atoms. The van der Waals surface area contributed by atoms with Crippen molar-refractivity contribution < 1.29 is 14.3 Å². The van der Waals surface area contributed by atoms with Crippen LogP contribution in [0.25, 0.3) is 11.1 Å². The summed E-state index contributed by atoms with van der Waals surface area (Å²) in [5.74, 6) is 1.17.